The number of anilines is 1. The zero-order valence-corrected chi connectivity index (χ0v) is 13.7. The molecule has 0 aliphatic carbocycles. The molecule has 0 aliphatic heterocycles. The van der Waals surface area contributed by atoms with E-state index in [1.807, 2.05) is 24.3 Å². The van der Waals surface area contributed by atoms with E-state index in [-0.39, 0.29) is 0 Å². The number of nitrogens with zero attached hydrogens (tertiary/aromatic N) is 2. The summed E-state index contributed by atoms with van der Waals surface area (Å²) in [5, 5.41) is 4.72. The van der Waals surface area contributed by atoms with Crippen molar-refractivity contribution in [2.24, 2.45) is 5.92 Å². The Balaban J connectivity index is 1.81. The lowest BCUT2D eigenvalue weighted by Gasteiger charge is -2.09. The SMILES string of the molecule is CC(C)CCCCCCNc1nc(Cl)nc2ccccc12. The summed E-state index contributed by atoms with van der Waals surface area (Å²) in [5.41, 5.74) is 0.886. The molecule has 0 fully saturated rings. The first kappa shape index (κ1) is 16.0. The van der Waals surface area contributed by atoms with Gasteiger partial charge in [-0.25, -0.2) is 9.97 Å². The zero-order valence-electron chi connectivity index (χ0n) is 12.9. The third-order valence-corrected chi connectivity index (χ3v) is 3.75. The predicted molar refractivity (Wildman–Crippen MR) is 91.0 cm³/mol. The number of unbranched alkanes of at least 4 members (excludes halogenated alkanes) is 3. The molecule has 0 radical (unpaired) electrons. The van der Waals surface area contributed by atoms with Gasteiger partial charge in [0.05, 0.1) is 5.52 Å². The highest BCUT2D eigenvalue weighted by Crippen LogP contribution is 2.21. The van der Waals surface area contributed by atoms with E-state index in [9.17, 15) is 0 Å². The van der Waals surface area contributed by atoms with Crippen molar-refractivity contribution in [2.45, 2.75) is 46.0 Å². The second-order valence-electron chi connectivity index (χ2n) is 5.88. The van der Waals surface area contributed by atoms with Crippen LogP contribution >= 0.6 is 11.6 Å². The summed E-state index contributed by atoms with van der Waals surface area (Å²) in [6, 6.07) is 7.94. The van der Waals surface area contributed by atoms with E-state index in [1.54, 1.807) is 0 Å². The predicted octanol–water partition coefficient (Wildman–Crippen LogP) is 5.30. The van der Waals surface area contributed by atoms with Crippen LogP contribution < -0.4 is 5.32 Å². The van der Waals surface area contributed by atoms with Crippen LogP contribution in [0.15, 0.2) is 24.3 Å². The summed E-state index contributed by atoms with van der Waals surface area (Å²) in [5.74, 6) is 1.66. The number of nitrogens with one attached hydrogen (secondary N) is 1. The van der Waals surface area contributed by atoms with Crippen molar-refractivity contribution in [3.05, 3.63) is 29.5 Å². The van der Waals surface area contributed by atoms with Crippen molar-refractivity contribution in [1.82, 2.24) is 9.97 Å². The van der Waals surface area contributed by atoms with Crippen LogP contribution in [0.4, 0.5) is 5.82 Å². The van der Waals surface area contributed by atoms with Crippen molar-refractivity contribution in [3.63, 3.8) is 0 Å². The van der Waals surface area contributed by atoms with Crippen molar-refractivity contribution in [3.8, 4) is 0 Å². The Morgan fingerprint density at radius 1 is 1.05 bits per heavy atom. The molecule has 1 heterocycles. The van der Waals surface area contributed by atoms with Gasteiger partial charge in [-0.05, 0) is 36.1 Å². The number of benzene rings is 1. The minimum atomic E-state index is 0.299. The van der Waals surface area contributed by atoms with Crippen LogP contribution in [0.3, 0.4) is 0 Å². The third kappa shape index (κ3) is 5.16. The summed E-state index contributed by atoms with van der Waals surface area (Å²) < 4.78 is 0. The quantitative estimate of drug-likeness (QED) is 0.531. The van der Waals surface area contributed by atoms with Crippen LogP contribution in [0, 0.1) is 5.92 Å². The summed E-state index contributed by atoms with van der Waals surface area (Å²) >= 11 is 5.97. The van der Waals surface area contributed by atoms with Gasteiger partial charge in [0.2, 0.25) is 5.28 Å². The number of aromatic nitrogens is 2. The highest BCUT2D eigenvalue weighted by atomic mass is 35.5. The molecule has 0 aliphatic rings. The number of halogens is 1. The highest BCUT2D eigenvalue weighted by molar-refractivity contribution is 6.28. The lowest BCUT2D eigenvalue weighted by Crippen LogP contribution is -2.05. The molecule has 0 unspecified atom stereocenters. The molecule has 0 amide bonds. The summed E-state index contributed by atoms with van der Waals surface area (Å²) in [6.45, 7) is 5.50. The van der Waals surface area contributed by atoms with Crippen LogP contribution in [0.25, 0.3) is 10.9 Å². The van der Waals surface area contributed by atoms with Crippen molar-refractivity contribution < 1.29 is 0 Å². The van der Waals surface area contributed by atoms with Gasteiger partial charge in [0.15, 0.2) is 0 Å². The van der Waals surface area contributed by atoms with E-state index in [0.717, 1.165) is 35.6 Å². The molecule has 0 atom stereocenters. The maximum absolute atomic E-state index is 5.97. The molecule has 0 saturated heterocycles. The Hall–Kier alpha value is -1.35. The zero-order chi connectivity index (χ0) is 15.1. The molecule has 1 N–H and O–H groups in total. The monoisotopic (exact) mass is 305 g/mol. The normalized spacial score (nSPS) is 11.2. The van der Waals surface area contributed by atoms with Gasteiger partial charge in [0.1, 0.15) is 5.82 Å². The first-order valence-electron chi connectivity index (χ1n) is 7.83. The summed E-state index contributed by atoms with van der Waals surface area (Å²) in [6.07, 6.45) is 6.40. The minimum Gasteiger partial charge on any atom is -0.369 e. The number of hydrogen-bond acceptors (Lipinski definition) is 3. The van der Waals surface area contributed by atoms with E-state index >= 15 is 0 Å². The van der Waals surface area contributed by atoms with Crippen LogP contribution in [-0.2, 0) is 0 Å². The standard InChI is InChI=1S/C17H24ClN3/c1-13(2)9-5-3-4-8-12-19-16-14-10-6-7-11-15(14)20-17(18)21-16/h6-7,10-11,13H,3-5,8-9,12H2,1-2H3,(H,19,20,21). The molecule has 2 aromatic rings. The first-order chi connectivity index (χ1) is 10.2. The fourth-order valence-corrected chi connectivity index (χ4v) is 2.60. The van der Waals surface area contributed by atoms with Crippen LogP contribution in [0.5, 0.6) is 0 Å². The lowest BCUT2D eigenvalue weighted by molar-refractivity contribution is 0.523. The van der Waals surface area contributed by atoms with Gasteiger partial charge in [-0.1, -0.05) is 51.7 Å². The smallest absolute Gasteiger partial charge is 0.224 e. The summed E-state index contributed by atoms with van der Waals surface area (Å²) in [7, 11) is 0. The highest BCUT2D eigenvalue weighted by Gasteiger charge is 2.05. The van der Waals surface area contributed by atoms with Gasteiger partial charge < -0.3 is 5.32 Å². The van der Waals surface area contributed by atoms with Gasteiger partial charge in [0.25, 0.3) is 0 Å². The Labute approximate surface area is 132 Å². The number of para-hydroxylation sites is 1. The van der Waals surface area contributed by atoms with Gasteiger partial charge in [0, 0.05) is 11.9 Å². The van der Waals surface area contributed by atoms with Crippen LogP contribution in [0.2, 0.25) is 5.28 Å². The molecular weight excluding hydrogens is 282 g/mol. The van der Waals surface area contributed by atoms with E-state index in [4.69, 9.17) is 11.6 Å². The Morgan fingerprint density at radius 3 is 2.62 bits per heavy atom. The molecular formula is C17H24ClN3. The Morgan fingerprint density at radius 2 is 1.81 bits per heavy atom. The van der Waals surface area contributed by atoms with Crippen molar-refractivity contribution in [1.29, 1.82) is 0 Å². The average molecular weight is 306 g/mol. The molecule has 4 heteroatoms. The van der Waals surface area contributed by atoms with Crippen molar-refractivity contribution >= 4 is 28.3 Å². The molecule has 0 bridgehead atoms. The second-order valence-corrected chi connectivity index (χ2v) is 6.22. The van der Waals surface area contributed by atoms with E-state index < -0.39 is 0 Å². The van der Waals surface area contributed by atoms with Crippen LogP contribution in [-0.4, -0.2) is 16.5 Å². The maximum atomic E-state index is 5.97. The molecule has 1 aromatic carbocycles. The first-order valence-corrected chi connectivity index (χ1v) is 8.21. The fraction of sp³-hybridized carbons (Fsp3) is 0.529. The Bertz CT molecular complexity index is 569. The molecule has 114 valence electrons. The molecule has 0 spiro atoms. The van der Waals surface area contributed by atoms with Gasteiger partial charge in [-0.3, -0.25) is 0 Å². The number of hydrogen-bond donors (Lipinski definition) is 1. The maximum Gasteiger partial charge on any atom is 0.224 e. The summed E-state index contributed by atoms with van der Waals surface area (Å²) in [4.78, 5) is 8.54. The number of rotatable bonds is 8. The van der Waals surface area contributed by atoms with Crippen molar-refractivity contribution in [2.75, 3.05) is 11.9 Å². The molecule has 21 heavy (non-hydrogen) atoms. The van der Waals surface area contributed by atoms with Gasteiger partial charge in [-0.2, -0.15) is 0 Å². The topological polar surface area (TPSA) is 37.8 Å². The lowest BCUT2D eigenvalue weighted by atomic mass is 10.0. The minimum absolute atomic E-state index is 0.299. The number of fused-ring (bicyclic) bond motifs is 1. The molecule has 3 nitrogen and oxygen atoms in total. The second kappa shape index (κ2) is 8.18. The fourth-order valence-electron chi connectivity index (χ4n) is 2.42. The largest absolute Gasteiger partial charge is 0.369 e. The van der Waals surface area contributed by atoms with E-state index in [1.165, 1.54) is 25.7 Å². The van der Waals surface area contributed by atoms with E-state index in [0.29, 0.717) is 5.28 Å². The van der Waals surface area contributed by atoms with Gasteiger partial charge >= 0.3 is 0 Å². The average Bonchev–Trinajstić information content (AvgIpc) is 2.45. The Kier molecular flexibility index (Phi) is 6.24. The molecule has 2 rings (SSSR count). The molecule has 0 saturated carbocycles. The molecule has 1 aromatic heterocycles. The third-order valence-electron chi connectivity index (χ3n) is 3.58. The van der Waals surface area contributed by atoms with E-state index in [2.05, 4.69) is 29.1 Å². The van der Waals surface area contributed by atoms with Crippen LogP contribution in [0.1, 0.15) is 46.0 Å². The van der Waals surface area contributed by atoms with Gasteiger partial charge in [-0.15, -0.1) is 0 Å².